The van der Waals surface area contributed by atoms with E-state index < -0.39 is 5.54 Å². The van der Waals surface area contributed by atoms with E-state index in [2.05, 4.69) is 6.07 Å². The molecule has 0 saturated heterocycles. The first-order chi connectivity index (χ1) is 8.49. The van der Waals surface area contributed by atoms with Crippen LogP contribution in [0.4, 0.5) is 0 Å². The molecule has 0 amide bonds. The van der Waals surface area contributed by atoms with Crippen LogP contribution in [-0.2, 0) is 5.54 Å². The molecule has 1 aromatic carbocycles. The quantitative estimate of drug-likeness (QED) is 0.827. The number of nitrogens with zero attached hydrogens (tertiary/aromatic N) is 1. The number of benzene rings is 1. The van der Waals surface area contributed by atoms with Crippen molar-refractivity contribution in [1.29, 1.82) is 5.26 Å². The number of rotatable bonds is 6. The molecule has 0 aliphatic carbocycles. The molecule has 1 rings (SSSR count). The predicted molar refractivity (Wildman–Crippen MR) is 76.1 cm³/mol. The van der Waals surface area contributed by atoms with Gasteiger partial charge in [-0.2, -0.15) is 17.0 Å². The smallest absolute Gasteiger partial charge is 0.130 e. The Kier molecular flexibility index (Phi) is 5.67. The Hall–Kier alpha value is -1.02. The van der Waals surface area contributed by atoms with E-state index >= 15 is 0 Å². The second kappa shape index (κ2) is 6.79. The lowest BCUT2D eigenvalue weighted by atomic mass is 9.90. The van der Waals surface area contributed by atoms with E-state index in [1.165, 1.54) is 0 Å². The van der Waals surface area contributed by atoms with Crippen molar-refractivity contribution in [3.63, 3.8) is 0 Å². The van der Waals surface area contributed by atoms with E-state index in [1.54, 1.807) is 18.7 Å². The molecule has 3 N–H and O–H groups in total. The maximum Gasteiger partial charge on any atom is 0.130 e. The van der Waals surface area contributed by atoms with E-state index in [1.807, 2.05) is 37.3 Å². The maximum atomic E-state index is 9.41. The second-order valence-corrected chi connectivity index (χ2v) is 6.00. The summed E-state index contributed by atoms with van der Waals surface area (Å²) in [4.78, 5) is 0. The van der Waals surface area contributed by atoms with Crippen LogP contribution in [0.15, 0.2) is 30.3 Å². The van der Waals surface area contributed by atoms with Crippen LogP contribution in [0.2, 0.25) is 0 Å². The first kappa shape index (κ1) is 15.0. The fourth-order valence-electron chi connectivity index (χ4n) is 1.55. The number of aliphatic hydroxyl groups is 1. The molecule has 0 bridgehead atoms. The van der Waals surface area contributed by atoms with Crippen LogP contribution in [0.5, 0.6) is 0 Å². The minimum absolute atomic E-state index is 0.156. The largest absolute Gasteiger partial charge is 0.392 e. The molecule has 0 aromatic heterocycles. The molecule has 3 nitrogen and oxygen atoms in total. The standard InChI is InChI=1S/C14H20N2OS/c1-11(17)12(2)18-9-8-14(16,10-15)13-6-4-3-5-7-13/h3-7,11-12,17H,8-9,16H2,1-2H3. The van der Waals surface area contributed by atoms with Gasteiger partial charge in [-0.15, -0.1) is 0 Å². The molecule has 98 valence electrons. The van der Waals surface area contributed by atoms with Gasteiger partial charge < -0.3 is 10.8 Å². The zero-order valence-corrected chi connectivity index (χ0v) is 11.7. The normalized spacial score (nSPS) is 17.5. The number of hydrogen-bond acceptors (Lipinski definition) is 4. The highest BCUT2D eigenvalue weighted by molar-refractivity contribution is 7.99. The molecule has 0 aliphatic rings. The van der Waals surface area contributed by atoms with E-state index in [-0.39, 0.29) is 11.4 Å². The summed E-state index contributed by atoms with van der Waals surface area (Å²) in [7, 11) is 0. The summed E-state index contributed by atoms with van der Waals surface area (Å²) in [6, 6.07) is 11.6. The van der Waals surface area contributed by atoms with Crippen LogP contribution in [0.3, 0.4) is 0 Å². The van der Waals surface area contributed by atoms with Gasteiger partial charge in [0.1, 0.15) is 5.54 Å². The van der Waals surface area contributed by atoms with E-state index in [4.69, 9.17) is 5.73 Å². The van der Waals surface area contributed by atoms with Crippen molar-refractivity contribution < 1.29 is 5.11 Å². The van der Waals surface area contributed by atoms with E-state index in [0.29, 0.717) is 6.42 Å². The molecule has 0 aliphatic heterocycles. The fraction of sp³-hybridized carbons (Fsp3) is 0.500. The average Bonchev–Trinajstić information content (AvgIpc) is 2.39. The monoisotopic (exact) mass is 264 g/mol. The van der Waals surface area contributed by atoms with E-state index in [9.17, 15) is 10.4 Å². The molecule has 0 radical (unpaired) electrons. The Morgan fingerprint density at radius 3 is 2.50 bits per heavy atom. The van der Waals surface area contributed by atoms with Gasteiger partial charge >= 0.3 is 0 Å². The number of thioether (sulfide) groups is 1. The number of aliphatic hydroxyl groups excluding tert-OH is 1. The Balaban J connectivity index is 2.60. The SMILES string of the molecule is CC(O)C(C)SCCC(N)(C#N)c1ccccc1. The van der Waals surface area contributed by atoms with Crippen LogP contribution in [0.25, 0.3) is 0 Å². The van der Waals surface area contributed by atoms with Gasteiger partial charge in [0.05, 0.1) is 12.2 Å². The summed E-state index contributed by atoms with van der Waals surface area (Å²) in [5.74, 6) is 0.755. The van der Waals surface area contributed by atoms with E-state index in [0.717, 1.165) is 11.3 Å². The van der Waals surface area contributed by atoms with Crippen molar-refractivity contribution in [2.24, 2.45) is 5.73 Å². The van der Waals surface area contributed by atoms with Crippen LogP contribution in [0.1, 0.15) is 25.8 Å². The first-order valence-electron chi connectivity index (χ1n) is 6.05. The summed E-state index contributed by atoms with van der Waals surface area (Å²) >= 11 is 1.64. The number of hydrogen-bond donors (Lipinski definition) is 2. The van der Waals surface area contributed by atoms with Gasteiger partial charge in [-0.1, -0.05) is 37.3 Å². The maximum absolute atomic E-state index is 9.41. The molecule has 3 atom stereocenters. The summed E-state index contributed by atoms with van der Waals surface area (Å²) < 4.78 is 0. The molecular weight excluding hydrogens is 244 g/mol. The molecule has 3 unspecified atom stereocenters. The number of nitriles is 1. The summed E-state index contributed by atoms with van der Waals surface area (Å²) in [5.41, 5.74) is 6.05. The zero-order valence-electron chi connectivity index (χ0n) is 10.8. The Morgan fingerprint density at radius 1 is 1.39 bits per heavy atom. The van der Waals surface area contributed by atoms with Gasteiger partial charge in [0.2, 0.25) is 0 Å². The van der Waals surface area contributed by atoms with Crippen LogP contribution in [-0.4, -0.2) is 22.2 Å². The van der Waals surface area contributed by atoms with Crippen molar-refractivity contribution in [1.82, 2.24) is 0 Å². The van der Waals surface area contributed by atoms with Gasteiger partial charge in [-0.05, 0) is 24.7 Å². The molecule has 1 aromatic rings. The second-order valence-electron chi connectivity index (χ2n) is 4.52. The van der Waals surface area contributed by atoms with Crippen molar-refractivity contribution >= 4 is 11.8 Å². The zero-order chi connectivity index (χ0) is 13.6. The van der Waals surface area contributed by atoms with Gasteiger partial charge in [0.25, 0.3) is 0 Å². The van der Waals surface area contributed by atoms with Crippen molar-refractivity contribution in [2.45, 2.75) is 37.2 Å². The lowest BCUT2D eigenvalue weighted by Gasteiger charge is -2.23. The van der Waals surface area contributed by atoms with Crippen molar-refractivity contribution in [2.75, 3.05) is 5.75 Å². The molecular formula is C14H20N2OS. The third kappa shape index (κ3) is 4.02. The lowest BCUT2D eigenvalue weighted by Crippen LogP contribution is -2.35. The minimum atomic E-state index is -0.938. The van der Waals surface area contributed by atoms with Gasteiger partial charge in [0, 0.05) is 5.25 Å². The molecule has 0 heterocycles. The lowest BCUT2D eigenvalue weighted by molar-refractivity contribution is 0.196. The summed E-state index contributed by atoms with van der Waals surface area (Å²) in [6.07, 6.45) is 0.232. The summed E-state index contributed by atoms with van der Waals surface area (Å²) in [5, 5.41) is 18.8. The molecule has 18 heavy (non-hydrogen) atoms. The van der Waals surface area contributed by atoms with Crippen molar-refractivity contribution in [3.05, 3.63) is 35.9 Å². The third-order valence-corrected chi connectivity index (χ3v) is 4.40. The molecule has 0 saturated carbocycles. The highest BCUT2D eigenvalue weighted by Crippen LogP contribution is 2.25. The minimum Gasteiger partial charge on any atom is -0.392 e. The molecule has 0 fully saturated rings. The summed E-state index contributed by atoms with van der Waals surface area (Å²) in [6.45, 7) is 3.75. The Morgan fingerprint density at radius 2 is 2.00 bits per heavy atom. The van der Waals surface area contributed by atoms with Gasteiger partial charge in [-0.3, -0.25) is 0 Å². The molecule has 0 spiro atoms. The Labute approximate surface area is 113 Å². The Bertz CT molecular complexity index is 402. The topological polar surface area (TPSA) is 70.0 Å². The molecule has 4 heteroatoms. The van der Waals surface area contributed by atoms with Crippen LogP contribution < -0.4 is 5.73 Å². The highest BCUT2D eigenvalue weighted by Gasteiger charge is 2.26. The fourth-order valence-corrected chi connectivity index (χ4v) is 2.64. The predicted octanol–water partition coefficient (Wildman–Crippen LogP) is 2.26. The average molecular weight is 264 g/mol. The van der Waals surface area contributed by atoms with Crippen LogP contribution >= 0.6 is 11.8 Å². The van der Waals surface area contributed by atoms with Gasteiger partial charge in [-0.25, -0.2) is 0 Å². The van der Waals surface area contributed by atoms with Crippen LogP contribution in [0, 0.1) is 11.3 Å². The highest BCUT2D eigenvalue weighted by atomic mass is 32.2. The number of nitrogens with two attached hydrogens (primary N) is 1. The van der Waals surface area contributed by atoms with Gasteiger partial charge in [0.15, 0.2) is 0 Å². The first-order valence-corrected chi connectivity index (χ1v) is 7.10. The van der Waals surface area contributed by atoms with Crippen molar-refractivity contribution in [3.8, 4) is 6.07 Å². The third-order valence-electron chi connectivity index (χ3n) is 3.04.